The van der Waals surface area contributed by atoms with Crippen LogP contribution in [0.4, 0.5) is 0 Å². The van der Waals surface area contributed by atoms with Gasteiger partial charge in [0, 0.05) is 28.9 Å². The van der Waals surface area contributed by atoms with Gasteiger partial charge in [-0.1, -0.05) is 30.4 Å². The van der Waals surface area contributed by atoms with E-state index in [1.807, 2.05) is 11.3 Å². The molecule has 2 nitrogen and oxygen atoms in total. The molecular weight excluding hydrogens is 300 g/mol. The maximum atomic E-state index is 2.49. The largest absolute Gasteiger partial charge is 0.369 e. The van der Waals surface area contributed by atoms with Crippen LogP contribution in [0.5, 0.6) is 0 Å². The first-order valence-corrected chi connectivity index (χ1v) is 9.01. The van der Waals surface area contributed by atoms with Crippen molar-refractivity contribution in [2.45, 2.75) is 12.5 Å². The van der Waals surface area contributed by atoms with Crippen molar-refractivity contribution in [3.63, 3.8) is 0 Å². The van der Waals surface area contributed by atoms with Gasteiger partial charge in [-0.15, -0.1) is 11.3 Å². The molecule has 23 heavy (non-hydrogen) atoms. The van der Waals surface area contributed by atoms with E-state index >= 15 is 0 Å². The first-order chi connectivity index (χ1) is 11.2. The molecule has 3 heteroatoms. The van der Waals surface area contributed by atoms with Gasteiger partial charge in [0.05, 0.1) is 6.04 Å². The van der Waals surface area contributed by atoms with Gasteiger partial charge >= 0.3 is 0 Å². The number of allylic oxidation sites excluding steroid dienone is 2. The van der Waals surface area contributed by atoms with E-state index in [2.05, 4.69) is 78.7 Å². The van der Waals surface area contributed by atoms with Gasteiger partial charge in [0.1, 0.15) is 0 Å². The van der Waals surface area contributed by atoms with Gasteiger partial charge in [-0.05, 0) is 55.3 Å². The van der Waals surface area contributed by atoms with Gasteiger partial charge in [-0.2, -0.15) is 0 Å². The average molecular weight is 322 g/mol. The lowest BCUT2D eigenvalue weighted by Crippen LogP contribution is -2.34. The van der Waals surface area contributed by atoms with E-state index in [4.69, 9.17) is 0 Å². The first kappa shape index (κ1) is 14.7. The Morgan fingerprint density at radius 1 is 1.22 bits per heavy atom. The highest BCUT2D eigenvalue weighted by atomic mass is 32.1. The number of thiophene rings is 1. The Morgan fingerprint density at radius 3 is 2.91 bits per heavy atom. The molecule has 1 aliphatic carbocycles. The highest BCUT2D eigenvalue weighted by Crippen LogP contribution is 2.38. The van der Waals surface area contributed by atoms with Gasteiger partial charge in [0.2, 0.25) is 0 Å². The molecule has 2 heterocycles. The number of benzene rings is 1. The summed E-state index contributed by atoms with van der Waals surface area (Å²) in [5.74, 6) is 0. The Kier molecular flexibility index (Phi) is 3.83. The number of nitrogens with zero attached hydrogens (tertiary/aromatic N) is 2. The van der Waals surface area contributed by atoms with E-state index in [-0.39, 0.29) is 0 Å². The van der Waals surface area contributed by atoms with Gasteiger partial charge < -0.3 is 9.80 Å². The van der Waals surface area contributed by atoms with Crippen LogP contribution in [0.15, 0.2) is 60.3 Å². The molecule has 0 amide bonds. The maximum Gasteiger partial charge on any atom is 0.0578 e. The van der Waals surface area contributed by atoms with Crippen LogP contribution in [0.3, 0.4) is 0 Å². The molecule has 0 fully saturated rings. The lowest BCUT2D eigenvalue weighted by molar-refractivity contribution is 0.281. The molecule has 4 rings (SSSR count). The van der Waals surface area contributed by atoms with Crippen molar-refractivity contribution in [3.8, 4) is 0 Å². The van der Waals surface area contributed by atoms with Crippen LogP contribution in [0.1, 0.15) is 11.3 Å². The van der Waals surface area contributed by atoms with Crippen molar-refractivity contribution in [3.05, 3.63) is 65.2 Å². The number of hydrogen-bond acceptors (Lipinski definition) is 3. The lowest BCUT2D eigenvalue weighted by Gasteiger charge is -2.30. The molecule has 0 saturated heterocycles. The third-order valence-electron chi connectivity index (χ3n) is 4.68. The van der Waals surface area contributed by atoms with Crippen LogP contribution in [0, 0.1) is 0 Å². The van der Waals surface area contributed by atoms with Crippen LogP contribution in [-0.4, -0.2) is 43.0 Å². The monoisotopic (exact) mass is 322 g/mol. The molecule has 0 bridgehead atoms. The molecule has 1 aliphatic heterocycles. The molecule has 2 aromatic rings. The first-order valence-electron chi connectivity index (χ1n) is 8.19. The molecule has 1 atom stereocenters. The molecule has 0 radical (unpaired) electrons. The van der Waals surface area contributed by atoms with Gasteiger partial charge in [-0.25, -0.2) is 0 Å². The zero-order chi connectivity index (χ0) is 15.8. The number of likely N-dealkylation sites (N-methyl/N-ethyl adjacent to an activating group) is 1. The quantitative estimate of drug-likeness (QED) is 0.824. The van der Waals surface area contributed by atoms with Crippen molar-refractivity contribution >= 4 is 27.0 Å². The normalized spacial score (nSPS) is 20.1. The highest BCUT2D eigenvalue weighted by molar-refractivity contribution is 7.20. The van der Waals surface area contributed by atoms with Crippen molar-refractivity contribution in [1.82, 2.24) is 9.80 Å². The van der Waals surface area contributed by atoms with Crippen molar-refractivity contribution in [1.29, 1.82) is 0 Å². The summed E-state index contributed by atoms with van der Waals surface area (Å²) in [6, 6.07) is 11.5. The summed E-state index contributed by atoms with van der Waals surface area (Å²) < 4.78 is 1.38. The number of fused-ring (bicyclic) bond motifs is 2. The SMILES string of the molecule is CN(C)CCN1C=CC2=CC=C(c3cc4ccccc4s3)CC21. The summed E-state index contributed by atoms with van der Waals surface area (Å²) >= 11 is 1.91. The smallest absolute Gasteiger partial charge is 0.0578 e. The Morgan fingerprint density at radius 2 is 2.09 bits per heavy atom. The van der Waals surface area contributed by atoms with Gasteiger partial charge in [0.15, 0.2) is 0 Å². The van der Waals surface area contributed by atoms with E-state index in [0.717, 1.165) is 19.5 Å². The molecule has 1 unspecified atom stereocenters. The minimum absolute atomic E-state index is 0.514. The predicted octanol–water partition coefficient (Wildman–Crippen LogP) is 4.37. The standard InChI is InChI=1S/C20H22N2S/c1-21(2)11-12-22-10-9-15-7-8-17(13-18(15)22)20-14-16-5-3-4-6-19(16)23-20/h3-10,14,18H,11-13H2,1-2H3. The molecule has 2 aliphatic rings. The topological polar surface area (TPSA) is 6.48 Å². The molecule has 0 spiro atoms. The predicted molar refractivity (Wildman–Crippen MR) is 101 cm³/mol. The second kappa shape index (κ2) is 5.99. The van der Waals surface area contributed by atoms with Crippen molar-refractivity contribution in [2.24, 2.45) is 0 Å². The van der Waals surface area contributed by atoms with Crippen LogP contribution < -0.4 is 0 Å². The Balaban J connectivity index is 1.57. The number of hydrogen-bond donors (Lipinski definition) is 0. The Labute approximate surface area is 142 Å². The average Bonchev–Trinajstić information content (AvgIpc) is 3.16. The van der Waals surface area contributed by atoms with E-state index in [0.29, 0.717) is 6.04 Å². The maximum absolute atomic E-state index is 2.49. The second-order valence-corrected chi connectivity index (χ2v) is 7.67. The van der Waals surface area contributed by atoms with E-state index < -0.39 is 0 Å². The summed E-state index contributed by atoms with van der Waals surface area (Å²) in [4.78, 5) is 6.16. The summed E-state index contributed by atoms with van der Waals surface area (Å²) in [7, 11) is 4.28. The lowest BCUT2D eigenvalue weighted by atomic mass is 9.93. The zero-order valence-electron chi connectivity index (χ0n) is 13.7. The van der Waals surface area contributed by atoms with Crippen molar-refractivity contribution in [2.75, 3.05) is 27.2 Å². The van der Waals surface area contributed by atoms with Crippen LogP contribution >= 0.6 is 11.3 Å². The second-order valence-electron chi connectivity index (χ2n) is 6.58. The molecule has 0 saturated carbocycles. The highest BCUT2D eigenvalue weighted by Gasteiger charge is 2.27. The van der Waals surface area contributed by atoms with E-state index in [9.17, 15) is 0 Å². The molecule has 1 aromatic heterocycles. The molecule has 0 N–H and O–H groups in total. The molecule has 1 aromatic carbocycles. The van der Waals surface area contributed by atoms with Crippen LogP contribution in [-0.2, 0) is 0 Å². The third kappa shape index (κ3) is 2.87. The minimum Gasteiger partial charge on any atom is -0.369 e. The summed E-state index contributed by atoms with van der Waals surface area (Å²) in [5, 5.41) is 1.36. The summed E-state index contributed by atoms with van der Waals surface area (Å²) in [6.07, 6.45) is 10.3. The Bertz CT molecular complexity index is 777. The fourth-order valence-corrected chi connectivity index (χ4v) is 4.43. The van der Waals surface area contributed by atoms with Crippen molar-refractivity contribution < 1.29 is 0 Å². The van der Waals surface area contributed by atoms with E-state index in [1.54, 1.807) is 0 Å². The minimum atomic E-state index is 0.514. The fraction of sp³-hybridized carbons (Fsp3) is 0.300. The fourth-order valence-electron chi connectivity index (χ4n) is 3.33. The summed E-state index contributed by atoms with van der Waals surface area (Å²) in [5.41, 5.74) is 2.92. The third-order valence-corrected chi connectivity index (χ3v) is 5.87. The zero-order valence-corrected chi connectivity index (χ0v) is 14.5. The Hall–Kier alpha value is -1.84. The van der Waals surface area contributed by atoms with Crippen LogP contribution in [0.25, 0.3) is 15.7 Å². The van der Waals surface area contributed by atoms with Gasteiger partial charge in [0.25, 0.3) is 0 Å². The molecular formula is C20H22N2S. The summed E-state index contributed by atoms with van der Waals surface area (Å²) in [6.45, 7) is 2.18. The van der Waals surface area contributed by atoms with Gasteiger partial charge in [-0.3, -0.25) is 0 Å². The number of rotatable bonds is 4. The van der Waals surface area contributed by atoms with Crippen LogP contribution in [0.2, 0.25) is 0 Å². The molecule has 118 valence electrons. The van der Waals surface area contributed by atoms with E-state index in [1.165, 1.54) is 26.1 Å².